The van der Waals surface area contributed by atoms with E-state index in [1.165, 1.54) is 0 Å². The lowest BCUT2D eigenvalue weighted by Gasteiger charge is -2.33. The number of nitrogens with zero attached hydrogens (tertiary/aromatic N) is 1. The number of rotatable bonds is 7. The minimum atomic E-state index is -0.838. The molecule has 0 saturated carbocycles. The van der Waals surface area contributed by atoms with Crippen molar-refractivity contribution in [2.24, 2.45) is 5.73 Å². The summed E-state index contributed by atoms with van der Waals surface area (Å²) in [4.78, 5) is 10.9. The van der Waals surface area contributed by atoms with Crippen molar-refractivity contribution in [3.8, 4) is 0 Å². The number of nitrogens with two attached hydrogens (primary N) is 1. The monoisotopic (exact) mass is 229 g/mol. The van der Waals surface area contributed by atoms with E-state index in [1.807, 2.05) is 5.01 Å². The third-order valence-corrected chi connectivity index (χ3v) is 2.48. The van der Waals surface area contributed by atoms with Crippen molar-refractivity contribution >= 4 is 11.9 Å². The van der Waals surface area contributed by atoms with Crippen LogP contribution in [0.25, 0.3) is 0 Å². The zero-order chi connectivity index (χ0) is 12.0. The first-order valence-corrected chi connectivity index (χ1v) is 5.41. The van der Waals surface area contributed by atoms with Crippen molar-refractivity contribution in [2.75, 3.05) is 19.6 Å². The average molecular weight is 229 g/mol. The summed E-state index contributed by atoms with van der Waals surface area (Å²) in [5.41, 5.74) is 8.07. The minimum absolute atomic E-state index is 0.0809. The third-order valence-electron chi connectivity index (χ3n) is 2.48. The van der Waals surface area contributed by atoms with Gasteiger partial charge in [-0.2, -0.15) is 0 Å². The van der Waals surface area contributed by atoms with E-state index in [4.69, 9.17) is 16.2 Å². The van der Waals surface area contributed by atoms with Crippen LogP contribution in [0.15, 0.2) is 0 Å². The van der Waals surface area contributed by atoms with E-state index in [1.54, 1.807) is 0 Å². The zero-order valence-corrected chi connectivity index (χ0v) is 9.20. The molecule has 7 nitrogen and oxygen atoms in total. The van der Waals surface area contributed by atoms with Crippen LogP contribution >= 0.6 is 0 Å². The molecular formula is C9H19N5O2. The van der Waals surface area contributed by atoms with Crippen LogP contribution in [0, 0.1) is 5.41 Å². The lowest BCUT2D eigenvalue weighted by atomic mass is 10.1. The Balaban J connectivity index is 2.17. The largest absolute Gasteiger partial charge is 0.480 e. The number of aliphatic carboxylic acids is 1. The Morgan fingerprint density at radius 3 is 2.69 bits per heavy atom. The van der Waals surface area contributed by atoms with E-state index in [-0.39, 0.29) is 5.96 Å². The number of carboxylic acids is 1. The van der Waals surface area contributed by atoms with Gasteiger partial charge >= 0.3 is 5.97 Å². The summed E-state index contributed by atoms with van der Waals surface area (Å²) < 4.78 is 0. The van der Waals surface area contributed by atoms with Crippen molar-refractivity contribution in [1.82, 2.24) is 15.8 Å². The third kappa shape index (κ3) is 4.45. The molecule has 0 amide bonds. The SMILES string of the molecule is N=C(N)NCCC[C@H](NN1CCC1)C(=O)O. The zero-order valence-electron chi connectivity index (χ0n) is 9.20. The van der Waals surface area contributed by atoms with E-state index in [2.05, 4.69) is 10.7 Å². The fourth-order valence-electron chi connectivity index (χ4n) is 1.44. The van der Waals surface area contributed by atoms with Gasteiger partial charge in [0.25, 0.3) is 0 Å². The van der Waals surface area contributed by atoms with Crippen LogP contribution in [0.1, 0.15) is 19.3 Å². The van der Waals surface area contributed by atoms with E-state index in [0.717, 1.165) is 19.5 Å². The van der Waals surface area contributed by atoms with Gasteiger partial charge in [0.1, 0.15) is 6.04 Å². The van der Waals surface area contributed by atoms with Gasteiger partial charge in [-0.15, -0.1) is 0 Å². The van der Waals surface area contributed by atoms with Crippen LogP contribution < -0.4 is 16.5 Å². The summed E-state index contributed by atoms with van der Waals surface area (Å²) >= 11 is 0. The highest BCUT2D eigenvalue weighted by Gasteiger charge is 2.22. The Hall–Kier alpha value is -1.34. The van der Waals surface area contributed by atoms with Crippen LogP contribution in [0.3, 0.4) is 0 Å². The second-order valence-electron chi connectivity index (χ2n) is 3.84. The first kappa shape index (κ1) is 12.7. The van der Waals surface area contributed by atoms with Crippen LogP contribution in [0.2, 0.25) is 0 Å². The molecule has 1 aliphatic rings. The lowest BCUT2D eigenvalue weighted by Crippen LogP contribution is -2.54. The summed E-state index contributed by atoms with van der Waals surface area (Å²) in [6.07, 6.45) is 2.30. The maximum Gasteiger partial charge on any atom is 0.322 e. The topological polar surface area (TPSA) is 114 Å². The second-order valence-corrected chi connectivity index (χ2v) is 3.84. The molecule has 1 saturated heterocycles. The molecule has 1 aliphatic heterocycles. The number of hydrogen-bond donors (Lipinski definition) is 5. The molecule has 92 valence electrons. The van der Waals surface area contributed by atoms with E-state index < -0.39 is 12.0 Å². The Labute approximate surface area is 94.5 Å². The van der Waals surface area contributed by atoms with E-state index in [9.17, 15) is 4.79 Å². The van der Waals surface area contributed by atoms with Gasteiger partial charge < -0.3 is 16.2 Å². The highest BCUT2D eigenvalue weighted by molar-refractivity contribution is 5.74. The van der Waals surface area contributed by atoms with Gasteiger partial charge in [0.2, 0.25) is 0 Å². The van der Waals surface area contributed by atoms with Gasteiger partial charge in [-0.05, 0) is 19.3 Å². The highest BCUT2D eigenvalue weighted by atomic mass is 16.4. The Morgan fingerprint density at radius 2 is 2.25 bits per heavy atom. The van der Waals surface area contributed by atoms with Crippen molar-refractivity contribution in [1.29, 1.82) is 5.41 Å². The van der Waals surface area contributed by atoms with Gasteiger partial charge in [-0.1, -0.05) is 0 Å². The normalized spacial score (nSPS) is 17.5. The molecular weight excluding hydrogens is 210 g/mol. The first-order chi connectivity index (χ1) is 7.59. The van der Waals surface area contributed by atoms with Crippen molar-refractivity contribution in [2.45, 2.75) is 25.3 Å². The smallest absolute Gasteiger partial charge is 0.322 e. The summed E-state index contributed by atoms with van der Waals surface area (Å²) in [7, 11) is 0. The molecule has 7 heteroatoms. The fraction of sp³-hybridized carbons (Fsp3) is 0.778. The summed E-state index contributed by atoms with van der Waals surface area (Å²) in [5.74, 6) is -0.919. The standard InChI is InChI=1S/C9H19N5O2/c10-9(11)12-4-1-3-7(8(15)16)13-14-5-2-6-14/h7,13H,1-6H2,(H,15,16)(H4,10,11,12)/t7-/m0/s1. The molecule has 1 atom stereocenters. The van der Waals surface area contributed by atoms with E-state index in [0.29, 0.717) is 19.4 Å². The molecule has 0 aliphatic carbocycles. The van der Waals surface area contributed by atoms with Gasteiger partial charge in [0, 0.05) is 19.6 Å². The summed E-state index contributed by atoms with van der Waals surface area (Å²) in [6, 6.07) is -0.547. The number of carbonyl (C=O) groups is 1. The predicted octanol–water partition coefficient (Wildman–Crippen LogP) is -1.09. The maximum absolute atomic E-state index is 10.9. The van der Waals surface area contributed by atoms with Crippen LogP contribution in [0.5, 0.6) is 0 Å². The lowest BCUT2D eigenvalue weighted by molar-refractivity contribution is -0.142. The molecule has 1 heterocycles. The minimum Gasteiger partial charge on any atom is -0.480 e. The molecule has 1 fully saturated rings. The number of hydrogen-bond acceptors (Lipinski definition) is 4. The number of guanidine groups is 1. The van der Waals surface area contributed by atoms with Crippen LogP contribution in [-0.2, 0) is 4.79 Å². The van der Waals surface area contributed by atoms with Gasteiger partial charge in [0.05, 0.1) is 0 Å². The molecule has 0 aromatic heterocycles. The van der Waals surface area contributed by atoms with Crippen LogP contribution in [-0.4, -0.2) is 47.7 Å². The Kier molecular flexibility index (Phi) is 5.00. The highest BCUT2D eigenvalue weighted by Crippen LogP contribution is 2.05. The molecule has 1 rings (SSSR count). The number of nitrogens with one attached hydrogen (secondary N) is 3. The number of carboxylic acid groups (broad SMARTS) is 1. The van der Waals surface area contributed by atoms with Crippen molar-refractivity contribution in [3.63, 3.8) is 0 Å². The predicted molar refractivity (Wildman–Crippen MR) is 59.9 cm³/mol. The van der Waals surface area contributed by atoms with Crippen molar-refractivity contribution < 1.29 is 9.90 Å². The Morgan fingerprint density at radius 1 is 1.56 bits per heavy atom. The van der Waals surface area contributed by atoms with Gasteiger partial charge in [0.15, 0.2) is 5.96 Å². The van der Waals surface area contributed by atoms with Crippen molar-refractivity contribution in [3.05, 3.63) is 0 Å². The fourth-order valence-corrected chi connectivity index (χ4v) is 1.44. The molecule has 16 heavy (non-hydrogen) atoms. The first-order valence-electron chi connectivity index (χ1n) is 5.41. The molecule has 0 unspecified atom stereocenters. The summed E-state index contributed by atoms with van der Waals surface area (Å²) in [6.45, 7) is 2.35. The quantitative estimate of drug-likeness (QED) is 0.215. The molecule has 0 bridgehead atoms. The van der Waals surface area contributed by atoms with Crippen LogP contribution in [0.4, 0.5) is 0 Å². The van der Waals surface area contributed by atoms with Gasteiger partial charge in [-0.25, -0.2) is 10.4 Å². The summed E-state index contributed by atoms with van der Waals surface area (Å²) in [5, 5.41) is 20.5. The molecule has 0 spiro atoms. The molecule has 0 radical (unpaired) electrons. The maximum atomic E-state index is 10.9. The van der Waals surface area contributed by atoms with Gasteiger partial charge in [-0.3, -0.25) is 10.2 Å². The second kappa shape index (κ2) is 6.29. The molecule has 0 aromatic carbocycles. The molecule has 0 aromatic rings. The van der Waals surface area contributed by atoms with E-state index >= 15 is 0 Å². The number of hydrazine groups is 1. The molecule has 6 N–H and O–H groups in total. The Bertz CT molecular complexity index is 254. The average Bonchev–Trinajstić information content (AvgIpc) is 2.12.